The Kier molecular flexibility index (Phi) is 4.47. The summed E-state index contributed by atoms with van der Waals surface area (Å²) in [6, 6.07) is 40.7. The van der Waals surface area contributed by atoms with Crippen molar-refractivity contribution in [2.24, 2.45) is 0 Å². The van der Waals surface area contributed by atoms with E-state index in [4.69, 9.17) is 21.3 Å². The van der Waals surface area contributed by atoms with Crippen molar-refractivity contribution in [2.75, 3.05) is 0 Å². The quantitative estimate of drug-likeness (QED) is 0.191. The maximum Gasteiger partial charge on any atom is 0.223 e. The van der Waals surface area contributed by atoms with Gasteiger partial charge in [0.25, 0.3) is 0 Å². The lowest BCUT2D eigenvalue weighted by atomic mass is 9.66. The zero-order chi connectivity index (χ0) is 26.4. The van der Waals surface area contributed by atoms with Crippen LogP contribution in [0.15, 0.2) is 115 Å². The first kappa shape index (κ1) is 22.3. The number of benzene rings is 5. The second kappa shape index (κ2) is 8.01. The third kappa shape index (κ3) is 2.79. The third-order valence-corrected chi connectivity index (χ3v) is 9.65. The predicted octanol–water partition coefficient (Wildman–Crippen LogP) is 9.63. The average molecular weight is 551 g/mol. The van der Waals surface area contributed by atoms with Gasteiger partial charge in [0.1, 0.15) is 11.5 Å². The molecule has 40 heavy (non-hydrogen) atoms. The molecule has 0 unspecified atom stereocenters. The maximum absolute atomic E-state index is 6.53. The molecule has 0 saturated carbocycles. The lowest BCUT2D eigenvalue weighted by Gasteiger charge is -2.39. The van der Waals surface area contributed by atoms with Crippen LogP contribution in [-0.2, 0) is 5.41 Å². The Morgan fingerprint density at radius 2 is 1.27 bits per heavy atom. The molecule has 0 saturated heterocycles. The molecule has 3 nitrogen and oxygen atoms in total. The summed E-state index contributed by atoms with van der Waals surface area (Å²) in [5.41, 5.74) is 9.56. The van der Waals surface area contributed by atoms with Crippen LogP contribution < -0.4 is 4.74 Å². The molecule has 188 valence electrons. The molecular weight excluding hydrogens is 532 g/mol. The number of ether oxygens (including phenoxy) is 1. The summed E-state index contributed by atoms with van der Waals surface area (Å²) >= 11 is 8.24. The third-order valence-electron chi connectivity index (χ3n) is 8.31. The Labute approximate surface area is 239 Å². The van der Waals surface area contributed by atoms with Crippen molar-refractivity contribution in [3.63, 3.8) is 0 Å². The van der Waals surface area contributed by atoms with Gasteiger partial charge in [-0.25, -0.2) is 9.97 Å². The van der Waals surface area contributed by atoms with Crippen LogP contribution in [0.25, 0.3) is 42.7 Å². The lowest BCUT2D eigenvalue weighted by molar-refractivity contribution is 0.436. The van der Waals surface area contributed by atoms with E-state index in [-0.39, 0.29) is 5.28 Å². The van der Waals surface area contributed by atoms with Gasteiger partial charge in [0.05, 0.1) is 21.3 Å². The van der Waals surface area contributed by atoms with Crippen molar-refractivity contribution in [2.45, 2.75) is 5.41 Å². The molecule has 2 aliphatic rings. The summed E-state index contributed by atoms with van der Waals surface area (Å²) in [7, 11) is 0. The van der Waals surface area contributed by atoms with Gasteiger partial charge >= 0.3 is 0 Å². The molecule has 1 aliphatic carbocycles. The monoisotopic (exact) mass is 550 g/mol. The predicted molar refractivity (Wildman–Crippen MR) is 163 cm³/mol. The smallest absolute Gasteiger partial charge is 0.223 e. The number of rotatable bonds is 1. The molecule has 0 fully saturated rings. The standard InChI is InChI=1S/C35H19ClN2OS/c36-34-37-31(33-32(38-34)22-10-2-8-16-30(22)40-33)20-17-18-25-23(19-20)21-9-1-3-11-24(21)35(25)26-12-4-6-14-28(26)39-29-15-7-5-13-27(29)35/h1-19H. The summed E-state index contributed by atoms with van der Waals surface area (Å²) in [5, 5.41) is 1.37. The van der Waals surface area contributed by atoms with E-state index in [0.29, 0.717) is 0 Å². The van der Waals surface area contributed by atoms with E-state index in [2.05, 4.69) is 102 Å². The van der Waals surface area contributed by atoms with Gasteiger partial charge in [-0.3, -0.25) is 0 Å². The Hall–Kier alpha value is -4.51. The summed E-state index contributed by atoms with van der Waals surface area (Å²) in [6.07, 6.45) is 0. The topological polar surface area (TPSA) is 35.0 Å². The molecule has 5 aromatic carbocycles. The summed E-state index contributed by atoms with van der Waals surface area (Å²) in [4.78, 5) is 9.40. The molecule has 0 bridgehead atoms. The number of halogens is 1. The molecule has 9 rings (SSSR count). The van der Waals surface area contributed by atoms with Crippen LogP contribution in [0.3, 0.4) is 0 Å². The molecule has 3 heterocycles. The molecule has 0 N–H and O–H groups in total. The van der Waals surface area contributed by atoms with E-state index in [1.54, 1.807) is 11.3 Å². The Balaban J connectivity index is 1.37. The van der Waals surface area contributed by atoms with E-state index in [9.17, 15) is 0 Å². The van der Waals surface area contributed by atoms with Gasteiger partial charge in [-0.15, -0.1) is 11.3 Å². The highest BCUT2D eigenvalue weighted by atomic mass is 35.5. The Bertz CT molecular complexity index is 2140. The SMILES string of the molecule is Clc1nc(-c2ccc3c(c2)-c2ccccc2C32c3ccccc3Oc3ccccc32)c2sc3ccccc3c2n1. The van der Waals surface area contributed by atoms with Gasteiger partial charge in [-0.05, 0) is 58.1 Å². The first-order chi connectivity index (χ1) is 19.7. The zero-order valence-corrected chi connectivity index (χ0v) is 22.6. The maximum atomic E-state index is 6.53. The molecule has 2 aromatic heterocycles. The van der Waals surface area contributed by atoms with Gasteiger partial charge in [0.15, 0.2) is 0 Å². The van der Waals surface area contributed by atoms with Gasteiger partial charge in [-0.2, -0.15) is 0 Å². The van der Waals surface area contributed by atoms with E-state index in [0.717, 1.165) is 49.5 Å². The summed E-state index contributed by atoms with van der Waals surface area (Å²) in [5.74, 6) is 1.78. The van der Waals surface area contributed by atoms with Crippen molar-refractivity contribution in [1.29, 1.82) is 0 Å². The van der Waals surface area contributed by atoms with E-state index in [1.807, 2.05) is 18.2 Å². The molecule has 1 spiro atoms. The first-order valence-corrected chi connectivity index (χ1v) is 14.4. The van der Waals surface area contributed by atoms with Gasteiger partial charge in [-0.1, -0.05) is 91.0 Å². The van der Waals surface area contributed by atoms with Crippen LogP contribution >= 0.6 is 22.9 Å². The van der Waals surface area contributed by atoms with E-state index in [1.165, 1.54) is 27.0 Å². The van der Waals surface area contributed by atoms with Crippen LogP contribution in [0, 0.1) is 0 Å². The van der Waals surface area contributed by atoms with Crippen molar-refractivity contribution in [1.82, 2.24) is 9.97 Å². The highest BCUT2D eigenvalue weighted by molar-refractivity contribution is 7.26. The molecular formula is C35H19ClN2OS. The lowest BCUT2D eigenvalue weighted by Crippen LogP contribution is -2.32. The van der Waals surface area contributed by atoms with Crippen molar-refractivity contribution in [3.05, 3.63) is 143 Å². The zero-order valence-electron chi connectivity index (χ0n) is 21.1. The van der Waals surface area contributed by atoms with Crippen molar-refractivity contribution >= 4 is 43.2 Å². The molecule has 5 heteroatoms. The summed E-state index contributed by atoms with van der Waals surface area (Å²) < 4.78 is 8.67. The average Bonchev–Trinajstić information content (AvgIpc) is 3.51. The van der Waals surface area contributed by atoms with Crippen LogP contribution in [0.5, 0.6) is 11.5 Å². The van der Waals surface area contributed by atoms with Crippen LogP contribution in [0.4, 0.5) is 0 Å². The van der Waals surface area contributed by atoms with Gasteiger partial charge in [0, 0.05) is 26.8 Å². The second-order valence-electron chi connectivity index (χ2n) is 10.3. The minimum Gasteiger partial charge on any atom is -0.457 e. The number of thiophene rings is 1. The Morgan fingerprint density at radius 3 is 2.08 bits per heavy atom. The minimum absolute atomic E-state index is 0.260. The van der Waals surface area contributed by atoms with E-state index >= 15 is 0 Å². The highest BCUT2D eigenvalue weighted by Gasteiger charge is 2.50. The fraction of sp³-hybridized carbons (Fsp3) is 0.0286. The first-order valence-electron chi connectivity index (χ1n) is 13.2. The molecule has 7 aromatic rings. The normalized spacial score (nSPS) is 14.0. The van der Waals surface area contributed by atoms with Crippen LogP contribution in [0.2, 0.25) is 5.28 Å². The van der Waals surface area contributed by atoms with Gasteiger partial charge in [0.2, 0.25) is 5.28 Å². The second-order valence-corrected chi connectivity index (χ2v) is 11.7. The number of hydrogen-bond acceptors (Lipinski definition) is 4. The van der Waals surface area contributed by atoms with Crippen molar-refractivity contribution in [3.8, 4) is 33.9 Å². The molecule has 0 amide bonds. The number of para-hydroxylation sites is 2. The highest BCUT2D eigenvalue weighted by Crippen LogP contribution is 2.62. The van der Waals surface area contributed by atoms with Crippen LogP contribution in [-0.4, -0.2) is 9.97 Å². The number of hydrogen-bond donors (Lipinski definition) is 0. The number of aromatic nitrogens is 2. The van der Waals surface area contributed by atoms with E-state index < -0.39 is 5.41 Å². The number of fused-ring (bicyclic) bond motifs is 12. The fourth-order valence-electron chi connectivity index (χ4n) is 6.77. The minimum atomic E-state index is -0.480. The molecule has 0 atom stereocenters. The number of nitrogens with zero attached hydrogens (tertiary/aromatic N) is 2. The Morgan fingerprint density at radius 1 is 0.625 bits per heavy atom. The van der Waals surface area contributed by atoms with Gasteiger partial charge < -0.3 is 4.74 Å². The van der Waals surface area contributed by atoms with Crippen molar-refractivity contribution < 1.29 is 4.74 Å². The van der Waals surface area contributed by atoms with Crippen LogP contribution in [0.1, 0.15) is 22.3 Å². The largest absolute Gasteiger partial charge is 0.457 e. The summed E-state index contributed by atoms with van der Waals surface area (Å²) in [6.45, 7) is 0. The fourth-order valence-corrected chi connectivity index (χ4v) is 8.09. The molecule has 1 aliphatic heterocycles. The molecule has 0 radical (unpaired) electrons.